The summed E-state index contributed by atoms with van der Waals surface area (Å²) in [4.78, 5) is 42.9. The lowest BCUT2D eigenvalue weighted by atomic mass is 9.98. The van der Waals surface area contributed by atoms with Crippen LogP contribution in [0.15, 0.2) is 48.5 Å². The highest BCUT2D eigenvalue weighted by Crippen LogP contribution is 2.24. The molecule has 0 aliphatic carbocycles. The number of hydrogen-bond acceptors (Lipinski definition) is 6. The average molecular weight is 541 g/mol. The number of aliphatic hydroxyl groups excluding tert-OH is 1. The molecule has 0 bridgehead atoms. The van der Waals surface area contributed by atoms with Gasteiger partial charge in [0.15, 0.2) is 6.10 Å². The monoisotopic (exact) mass is 540 g/mol. The topological polar surface area (TPSA) is 122 Å². The van der Waals surface area contributed by atoms with Crippen molar-refractivity contribution in [3.8, 4) is 5.75 Å². The molecule has 0 spiro atoms. The van der Waals surface area contributed by atoms with Crippen molar-refractivity contribution < 1.29 is 29.0 Å². The molecule has 3 amide bonds. The fourth-order valence-corrected chi connectivity index (χ4v) is 5.31. The Balaban J connectivity index is 1.48. The third-order valence-electron chi connectivity index (χ3n) is 7.56. The minimum absolute atomic E-state index is 0.0523. The van der Waals surface area contributed by atoms with E-state index >= 15 is 0 Å². The van der Waals surface area contributed by atoms with Crippen LogP contribution in [-0.4, -0.2) is 94.8 Å². The zero-order valence-electron chi connectivity index (χ0n) is 22.2. The van der Waals surface area contributed by atoms with Gasteiger partial charge in [0.1, 0.15) is 18.0 Å². The average Bonchev–Trinajstić information content (AvgIpc) is 3.59. The maximum Gasteiger partial charge on any atom is 0.254 e. The lowest BCUT2D eigenvalue weighted by Gasteiger charge is -2.30. The molecule has 0 aromatic heterocycles. The normalized spacial score (nSPS) is 20.9. The SMILES string of the molecule is Cc1c(O)cccc1C(=O)N[C@@H](Cc1ccccc1)[C@H](O)C(=O)N1C[C@@H](F)C[C@H]1C(=O)NCCN1CCCC1. The van der Waals surface area contributed by atoms with Crippen molar-refractivity contribution in [3.63, 3.8) is 0 Å². The van der Waals surface area contributed by atoms with Crippen molar-refractivity contribution in [1.82, 2.24) is 20.4 Å². The standard InChI is InChI=1S/C29H37FN4O5/c1-19-22(10-7-11-25(19)35)27(37)32-23(16-20-8-3-2-4-9-20)26(36)29(39)34-18-21(30)17-24(34)28(38)31-12-15-33-13-5-6-14-33/h2-4,7-11,21,23-24,26,35-36H,5-6,12-18H2,1H3,(H,31,38)(H,32,37)/t21-,23-,24-,26-/m0/s1. The van der Waals surface area contributed by atoms with Crippen molar-refractivity contribution in [3.05, 3.63) is 65.2 Å². The van der Waals surface area contributed by atoms with Gasteiger partial charge in [-0.15, -0.1) is 0 Å². The van der Waals surface area contributed by atoms with Crippen LogP contribution in [0.2, 0.25) is 0 Å². The highest BCUT2D eigenvalue weighted by Gasteiger charge is 2.43. The lowest BCUT2D eigenvalue weighted by Crippen LogP contribution is -2.56. The first-order valence-corrected chi connectivity index (χ1v) is 13.5. The molecule has 10 heteroatoms. The van der Waals surface area contributed by atoms with Crippen LogP contribution in [0.1, 0.15) is 40.7 Å². The van der Waals surface area contributed by atoms with Crippen LogP contribution in [0.3, 0.4) is 0 Å². The molecule has 2 aromatic carbocycles. The molecule has 0 radical (unpaired) electrons. The number of nitrogens with one attached hydrogen (secondary N) is 2. The summed E-state index contributed by atoms with van der Waals surface area (Å²) >= 11 is 0. The molecule has 4 atom stereocenters. The third-order valence-corrected chi connectivity index (χ3v) is 7.56. The second kappa shape index (κ2) is 13.0. The van der Waals surface area contributed by atoms with Gasteiger partial charge in [0, 0.05) is 30.6 Å². The highest BCUT2D eigenvalue weighted by molar-refractivity contribution is 5.97. The molecule has 2 aliphatic heterocycles. The van der Waals surface area contributed by atoms with E-state index in [1.165, 1.54) is 18.2 Å². The Morgan fingerprint density at radius 3 is 2.51 bits per heavy atom. The van der Waals surface area contributed by atoms with Gasteiger partial charge < -0.3 is 30.6 Å². The van der Waals surface area contributed by atoms with Crippen LogP contribution >= 0.6 is 0 Å². The fourth-order valence-electron chi connectivity index (χ4n) is 5.31. The summed E-state index contributed by atoms with van der Waals surface area (Å²) in [6.07, 6.45) is -0.884. The number of carbonyl (C=O) groups excluding carboxylic acids is 3. The number of nitrogens with zero attached hydrogens (tertiary/aromatic N) is 2. The quantitative estimate of drug-likeness (QED) is 0.363. The van der Waals surface area contributed by atoms with Crippen LogP contribution in [0.5, 0.6) is 5.75 Å². The second-order valence-corrected chi connectivity index (χ2v) is 10.3. The molecule has 2 aliphatic rings. The Labute approximate surface area is 228 Å². The molecule has 0 unspecified atom stereocenters. The number of halogens is 1. The maximum absolute atomic E-state index is 14.5. The van der Waals surface area contributed by atoms with E-state index in [0.29, 0.717) is 18.7 Å². The first-order chi connectivity index (χ1) is 18.7. The first-order valence-electron chi connectivity index (χ1n) is 13.5. The molecule has 2 fully saturated rings. The van der Waals surface area contributed by atoms with E-state index < -0.39 is 42.1 Å². The molecule has 4 N–H and O–H groups in total. The Kier molecular flexibility index (Phi) is 9.53. The van der Waals surface area contributed by atoms with Crippen molar-refractivity contribution in [1.29, 1.82) is 0 Å². The molecule has 2 heterocycles. The number of phenols is 1. The predicted molar refractivity (Wildman–Crippen MR) is 144 cm³/mol. The Morgan fingerprint density at radius 1 is 1.08 bits per heavy atom. The predicted octanol–water partition coefficient (Wildman–Crippen LogP) is 1.55. The van der Waals surface area contributed by atoms with E-state index in [0.717, 1.165) is 36.4 Å². The summed E-state index contributed by atoms with van der Waals surface area (Å²) < 4.78 is 14.5. The van der Waals surface area contributed by atoms with Crippen molar-refractivity contribution in [2.24, 2.45) is 0 Å². The van der Waals surface area contributed by atoms with Gasteiger partial charge in [-0.05, 0) is 57.0 Å². The highest BCUT2D eigenvalue weighted by atomic mass is 19.1. The first kappa shape index (κ1) is 28.5. The number of aliphatic hydroxyl groups is 1. The van der Waals surface area contributed by atoms with Crippen LogP contribution in [0, 0.1) is 6.92 Å². The van der Waals surface area contributed by atoms with Gasteiger partial charge in [-0.2, -0.15) is 0 Å². The largest absolute Gasteiger partial charge is 0.508 e. The van der Waals surface area contributed by atoms with Gasteiger partial charge in [0.2, 0.25) is 5.91 Å². The van der Waals surface area contributed by atoms with Gasteiger partial charge in [0.05, 0.1) is 12.6 Å². The summed E-state index contributed by atoms with van der Waals surface area (Å²) in [5, 5.41) is 26.8. The van der Waals surface area contributed by atoms with Crippen LogP contribution in [0.4, 0.5) is 4.39 Å². The Hall–Kier alpha value is -3.50. The van der Waals surface area contributed by atoms with Gasteiger partial charge in [0.25, 0.3) is 11.8 Å². The lowest BCUT2D eigenvalue weighted by molar-refractivity contribution is -0.146. The third kappa shape index (κ3) is 7.13. The van der Waals surface area contributed by atoms with Gasteiger partial charge >= 0.3 is 0 Å². The Morgan fingerprint density at radius 2 is 1.79 bits per heavy atom. The number of hydrogen-bond donors (Lipinski definition) is 4. The summed E-state index contributed by atoms with van der Waals surface area (Å²) in [5.74, 6) is -1.89. The number of benzene rings is 2. The van der Waals surface area contributed by atoms with E-state index in [-0.39, 0.29) is 30.7 Å². The van der Waals surface area contributed by atoms with Crippen molar-refractivity contribution in [2.75, 3.05) is 32.7 Å². The number of carbonyl (C=O) groups is 3. The zero-order chi connectivity index (χ0) is 27.9. The number of amides is 3. The molecule has 0 saturated carbocycles. The summed E-state index contributed by atoms with van der Waals surface area (Å²) in [5.41, 5.74) is 1.33. The van der Waals surface area contributed by atoms with Gasteiger partial charge in [-0.3, -0.25) is 14.4 Å². The number of aromatic hydroxyl groups is 1. The molecule has 2 saturated heterocycles. The van der Waals surface area contributed by atoms with Crippen LogP contribution in [-0.2, 0) is 16.0 Å². The van der Waals surface area contributed by atoms with E-state index in [1.54, 1.807) is 31.2 Å². The molecular formula is C29H37FN4O5. The molecule has 2 aromatic rings. The number of rotatable bonds is 10. The number of likely N-dealkylation sites (tertiary alicyclic amines) is 2. The minimum Gasteiger partial charge on any atom is -0.508 e. The fraction of sp³-hybridized carbons (Fsp3) is 0.483. The van der Waals surface area contributed by atoms with E-state index in [4.69, 9.17) is 0 Å². The summed E-state index contributed by atoms with van der Waals surface area (Å²) in [7, 11) is 0. The van der Waals surface area contributed by atoms with Crippen LogP contribution < -0.4 is 10.6 Å². The zero-order valence-corrected chi connectivity index (χ0v) is 22.2. The van der Waals surface area contributed by atoms with E-state index in [9.17, 15) is 29.0 Å². The van der Waals surface area contributed by atoms with Crippen molar-refractivity contribution in [2.45, 2.75) is 57.0 Å². The smallest absolute Gasteiger partial charge is 0.254 e. The van der Waals surface area contributed by atoms with Crippen molar-refractivity contribution >= 4 is 17.7 Å². The molecule has 4 rings (SSSR count). The number of phenolic OH excluding ortho intramolecular Hbond substituents is 1. The molecular weight excluding hydrogens is 503 g/mol. The Bertz CT molecular complexity index is 1160. The maximum atomic E-state index is 14.5. The molecule has 9 nitrogen and oxygen atoms in total. The molecule has 39 heavy (non-hydrogen) atoms. The minimum atomic E-state index is -1.73. The van der Waals surface area contributed by atoms with Crippen LogP contribution in [0.25, 0.3) is 0 Å². The second-order valence-electron chi connectivity index (χ2n) is 10.3. The van der Waals surface area contributed by atoms with Gasteiger partial charge in [-0.1, -0.05) is 36.4 Å². The summed E-state index contributed by atoms with van der Waals surface area (Å²) in [6, 6.07) is 11.5. The van der Waals surface area contributed by atoms with Gasteiger partial charge in [-0.25, -0.2) is 4.39 Å². The number of alkyl halides is 1. The molecule has 210 valence electrons. The summed E-state index contributed by atoms with van der Waals surface area (Å²) in [6.45, 7) is 4.34. The van der Waals surface area contributed by atoms with E-state index in [1.807, 2.05) is 6.07 Å². The van der Waals surface area contributed by atoms with E-state index in [2.05, 4.69) is 15.5 Å².